The molecule has 1 saturated heterocycles. The molecule has 2 heterocycles. The molecule has 1 aliphatic heterocycles. The van der Waals surface area contributed by atoms with E-state index in [2.05, 4.69) is 5.10 Å². The van der Waals surface area contributed by atoms with Crippen molar-refractivity contribution in [3.05, 3.63) is 48.0 Å². The molecule has 0 saturated carbocycles. The van der Waals surface area contributed by atoms with Gasteiger partial charge in [0, 0.05) is 24.8 Å². The third-order valence-electron chi connectivity index (χ3n) is 4.32. The molecule has 1 fully saturated rings. The van der Waals surface area contributed by atoms with Gasteiger partial charge in [-0.2, -0.15) is 5.10 Å². The molecule has 1 aromatic carbocycles. The zero-order valence-corrected chi connectivity index (χ0v) is 13.2. The van der Waals surface area contributed by atoms with E-state index in [1.54, 1.807) is 29.1 Å². The highest BCUT2D eigenvalue weighted by Crippen LogP contribution is 2.21. The molecule has 0 spiro atoms. The van der Waals surface area contributed by atoms with E-state index in [1.165, 1.54) is 12.1 Å². The van der Waals surface area contributed by atoms with Gasteiger partial charge in [0.1, 0.15) is 5.82 Å². The first-order valence-electron chi connectivity index (χ1n) is 7.94. The molecular formula is C17H21FN4O. The highest BCUT2D eigenvalue weighted by molar-refractivity contribution is 5.92. The molecule has 2 N–H and O–H groups in total. The zero-order valence-electron chi connectivity index (χ0n) is 13.2. The van der Waals surface area contributed by atoms with Gasteiger partial charge < -0.3 is 10.6 Å². The van der Waals surface area contributed by atoms with Crippen LogP contribution in [-0.4, -0.2) is 39.2 Å². The monoisotopic (exact) mass is 316 g/mol. The lowest BCUT2D eigenvalue weighted by Gasteiger charge is -2.37. The minimum absolute atomic E-state index is 0.0570. The highest BCUT2D eigenvalue weighted by Gasteiger charge is 2.30. The van der Waals surface area contributed by atoms with Crippen LogP contribution in [0.15, 0.2) is 36.5 Å². The molecule has 2 aromatic rings. The van der Waals surface area contributed by atoms with Crippen molar-refractivity contribution in [2.45, 2.75) is 38.3 Å². The van der Waals surface area contributed by atoms with E-state index in [0.29, 0.717) is 17.9 Å². The van der Waals surface area contributed by atoms with Gasteiger partial charge in [-0.3, -0.25) is 4.79 Å². The molecule has 23 heavy (non-hydrogen) atoms. The Hall–Kier alpha value is -2.21. The number of hydrogen-bond acceptors (Lipinski definition) is 3. The maximum atomic E-state index is 13.0. The van der Waals surface area contributed by atoms with Gasteiger partial charge >= 0.3 is 0 Å². The highest BCUT2D eigenvalue weighted by atomic mass is 19.1. The van der Waals surface area contributed by atoms with E-state index in [4.69, 9.17) is 5.73 Å². The number of aromatic nitrogens is 2. The smallest absolute Gasteiger partial charge is 0.274 e. The average Bonchev–Trinajstić information content (AvgIpc) is 3.04. The molecule has 3 rings (SSSR count). The maximum Gasteiger partial charge on any atom is 0.274 e. The van der Waals surface area contributed by atoms with Crippen LogP contribution in [-0.2, 0) is 0 Å². The molecule has 6 heteroatoms. The number of likely N-dealkylation sites (tertiary alicyclic amines) is 1. The summed E-state index contributed by atoms with van der Waals surface area (Å²) in [5, 5.41) is 4.34. The molecule has 122 valence electrons. The van der Waals surface area contributed by atoms with Crippen molar-refractivity contribution in [2.24, 2.45) is 5.73 Å². The van der Waals surface area contributed by atoms with E-state index in [-0.39, 0.29) is 23.8 Å². The summed E-state index contributed by atoms with van der Waals surface area (Å²) in [6.45, 7) is 2.65. The van der Waals surface area contributed by atoms with Crippen molar-refractivity contribution in [1.29, 1.82) is 0 Å². The van der Waals surface area contributed by atoms with Crippen molar-refractivity contribution >= 4 is 5.91 Å². The second-order valence-electron chi connectivity index (χ2n) is 6.04. The van der Waals surface area contributed by atoms with Crippen LogP contribution in [0.5, 0.6) is 0 Å². The molecule has 1 aliphatic rings. The van der Waals surface area contributed by atoms with E-state index >= 15 is 0 Å². The Balaban J connectivity index is 1.81. The fraction of sp³-hybridized carbons (Fsp3) is 0.412. The van der Waals surface area contributed by atoms with E-state index in [1.807, 2.05) is 11.8 Å². The van der Waals surface area contributed by atoms with Crippen LogP contribution < -0.4 is 5.73 Å². The molecule has 0 bridgehead atoms. The van der Waals surface area contributed by atoms with Gasteiger partial charge in [0.15, 0.2) is 5.69 Å². The number of amides is 1. The van der Waals surface area contributed by atoms with Gasteiger partial charge in [0.25, 0.3) is 5.91 Å². The van der Waals surface area contributed by atoms with Crippen LogP contribution in [0.3, 0.4) is 0 Å². The van der Waals surface area contributed by atoms with Gasteiger partial charge in [-0.1, -0.05) is 0 Å². The standard InChI is InChI=1S/C17H21FN4O/c1-12(19)16-4-2-3-10-21(16)17(23)15-9-11-22(20-15)14-7-5-13(18)6-8-14/h5-9,11-12,16H,2-4,10,19H2,1H3. The fourth-order valence-electron chi connectivity index (χ4n) is 3.08. The predicted octanol–water partition coefficient (Wildman–Crippen LogP) is 2.35. The lowest BCUT2D eigenvalue weighted by Crippen LogP contribution is -2.51. The SMILES string of the molecule is CC(N)C1CCCCN1C(=O)c1ccn(-c2ccc(F)cc2)n1. The molecule has 0 radical (unpaired) electrons. The van der Waals surface area contributed by atoms with Gasteiger partial charge in [-0.05, 0) is 56.5 Å². The lowest BCUT2D eigenvalue weighted by molar-refractivity contribution is 0.0577. The second-order valence-corrected chi connectivity index (χ2v) is 6.04. The number of benzene rings is 1. The summed E-state index contributed by atoms with van der Waals surface area (Å²) in [7, 11) is 0. The second kappa shape index (κ2) is 6.50. The Labute approximate surface area is 134 Å². The van der Waals surface area contributed by atoms with Crippen molar-refractivity contribution < 1.29 is 9.18 Å². The molecule has 2 atom stereocenters. The van der Waals surface area contributed by atoms with E-state index in [0.717, 1.165) is 19.3 Å². The lowest BCUT2D eigenvalue weighted by atomic mass is 9.96. The minimum atomic E-state index is -0.301. The molecular weight excluding hydrogens is 295 g/mol. The molecule has 5 nitrogen and oxygen atoms in total. The third kappa shape index (κ3) is 3.27. The quantitative estimate of drug-likeness (QED) is 0.945. The van der Waals surface area contributed by atoms with Crippen LogP contribution in [0.1, 0.15) is 36.7 Å². The Morgan fingerprint density at radius 2 is 2.04 bits per heavy atom. The van der Waals surface area contributed by atoms with E-state index in [9.17, 15) is 9.18 Å². The molecule has 0 aliphatic carbocycles. The minimum Gasteiger partial charge on any atom is -0.333 e. The Kier molecular flexibility index (Phi) is 4.43. The molecule has 2 unspecified atom stereocenters. The predicted molar refractivity (Wildman–Crippen MR) is 85.8 cm³/mol. The van der Waals surface area contributed by atoms with E-state index < -0.39 is 0 Å². The number of rotatable bonds is 3. The normalized spacial score (nSPS) is 19.6. The van der Waals surface area contributed by atoms with Crippen molar-refractivity contribution in [3.8, 4) is 5.69 Å². The van der Waals surface area contributed by atoms with Crippen LogP contribution in [0, 0.1) is 5.82 Å². The Bertz CT molecular complexity index is 680. The largest absolute Gasteiger partial charge is 0.333 e. The number of nitrogens with two attached hydrogens (primary N) is 1. The van der Waals surface area contributed by atoms with Crippen LogP contribution >= 0.6 is 0 Å². The van der Waals surface area contributed by atoms with Crippen molar-refractivity contribution in [1.82, 2.24) is 14.7 Å². The fourth-order valence-corrected chi connectivity index (χ4v) is 3.08. The first kappa shape index (κ1) is 15.7. The number of hydrogen-bond donors (Lipinski definition) is 1. The Morgan fingerprint density at radius 3 is 2.74 bits per heavy atom. The first-order valence-corrected chi connectivity index (χ1v) is 7.94. The summed E-state index contributed by atoms with van der Waals surface area (Å²) in [5.41, 5.74) is 7.14. The maximum absolute atomic E-state index is 13.0. The van der Waals surface area contributed by atoms with Crippen LogP contribution in [0.4, 0.5) is 4.39 Å². The van der Waals surface area contributed by atoms with Gasteiger partial charge in [0.2, 0.25) is 0 Å². The first-order chi connectivity index (χ1) is 11.1. The van der Waals surface area contributed by atoms with Crippen LogP contribution in [0.2, 0.25) is 0 Å². The molecule has 1 aromatic heterocycles. The number of halogens is 1. The zero-order chi connectivity index (χ0) is 16.4. The third-order valence-corrected chi connectivity index (χ3v) is 4.32. The van der Waals surface area contributed by atoms with Crippen molar-refractivity contribution in [2.75, 3.05) is 6.54 Å². The number of carbonyl (C=O) groups excluding carboxylic acids is 1. The average molecular weight is 316 g/mol. The number of nitrogens with zero attached hydrogens (tertiary/aromatic N) is 3. The van der Waals surface area contributed by atoms with Crippen molar-refractivity contribution in [3.63, 3.8) is 0 Å². The topological polar surface area (TPSA) is 64.2 Å². The van der Waals surface area contributed by atoms with Gasteiger partial charge in [0.05, 0.1) is 5.69 Å². The van der Waals surface area contributed by atoms with Gasteiger partial charge in [-0.15, -0.1) is 0 Å². The Morgan fingerprint density at radius 1 is 1.30 bits per heavy atom. The molecule has 1 amide bonds. The van der Waals surface area contributed by atoms with Gasteiger partial charge in [-0.25, -0.2) is 9.07 Å². The summed E-state index contributed by atoms with van der Waals surface area (Å²) < 4.78 is 14.6. The summed E-state index contributed by atoms with van der Waals surface area (Å²) >= 11 is 0. The number of carbonyl (C=O) groups is 1. The number of piperidine rings is 1. The summed E-state index contributed by atoms with van der Waals surface area (Å²) in [6.07, 6.45) is 4.74. The van der Waals surface area contributed by atoms with Crippen LogP contribution in [0.25, 0.3) is 5.69 Å². The summed E-state index contributed by atoms with van der Waals surface area (Å²) in [5.74, 6) is -0.391. The summed E-state index contributed by atoms with van der Waals surface area (Å²) in [6, 6.07) is 7.69. The summed E-state index contributed by atoms with van der Waals surface area (Å²) in [4.78, 5) is 14.6.